The lowest BCUT2D eigenvalue weighted by Crippen LogP contribution is -2.25. The van der Waals surface area contributed by atoms with Gasteiger partial charge in [0.05, 0.1) is 0 Å². The highest BCUT2D eigenvalue weighted by atomic mass is 17.2. The highest BCUT2D eigenvalue weighted by Crippen LogP contribution is 2.19. The van der Waals surface area contributed by atoms with Crippen molar-refractivity contribution in [2.45, 2.75) is 38.1 Å². The lowest BCUT2D eigenvalue weighted by molar-refractivity contribution is -0.940. The fraction of sp³-hybridized carbons (Fsp3) is 1.00. The van der Waals surface area contributed by atoms with Crippen LogP contribution in [-0.2, 0) is 4.99 Å². The Morgan fingerprint density at radius 2 is 1.90 bits per heavy atom. The van der Waals surface area contributed by atoms with Gasteiger partial charge in [0, 0.05) is 12.8 Å². The van der Waals surface area contributed by atoms with E-state index in [0.717, 1.165) is 30.5 Å². The smallest absolute Gasteiger partial charge is 0.141 e. The normalized spacial score (nSPS) is 20.5. The molecule has 1 saturated carbocycles. The first-order chi connectivity index (χ1) is 4.84. The molecule has 0 saturated heterocycles. The van der Waals surface area contributed by atoms with Crippen LogP contribution in [0.4, 0.5) is 0 Å². The van der Waals surface area contributed by atoms with Gasteiger partial charge >= 0.3 is 0 Å². The summed E-state index contributed by atoms with van der Waals surface area (Å²) in [6.45, 7) is 0. The van der Waals surface area contributed by atoms with E-state index in [1.165, 1.54) is 6.42 Å². The molecule has 2 N–H and O–H groups in total. The van der Waals surface area contributed by atoms with Gasteiger partial charge in [0.1, 0.15) is 4.86 Å². The van der Waals surface area contributed by atoms with Crippen LogP contribution < -0.4 is 0 Å². The lowest BCUT2D eigenvalue weighted by atomic mass is 9.96. The maximum Gasteiger partial charge on any atom is 0.235 e. The van der Waals surface area contributed by atoms with Gasteiger partial charge in [-0.3, -0.25) is 0 Å². The van der Waals surface area contributed by atoms with Crippen molar-refractivity contribution in [2.75, 3.05) is 0 Å². The summed E-state index contributed by atoms with van der Waals surface area (Å²) in [6.07, 6.45) is 5.46. The van der Waals surface area contributed by atoms with Crippen molar-refractivity contribution < 1.29 is 15.1 Å². The summed E-state index contributed by atoms with van der Waals surface area (Å²) in [5.74, 6) is 0. The highest BCUT2D eigenvalue weighted by Gasteiger charge is 2.26. The van der Waals surface area contributed by atoms with Crippen LogP contribution in [0.2, 0.25) is 0 Å². The second-order valence-electron chi connectivity index (χ2n) is 2.70. The number of rotatable bonds is 2. The summed E-state index contributed by atoms with van der Waals surface area (Å²) in [7, 11) is 0. The summed E-state index contributed by atoms with van der Waals surface area (Å²) in [5, 5.41) is 8.13. The van der Waals surface area contributed by atoms with Gasteiger partial charge < -0.3 is 0 Å². The molecule has 0 radical (unpaired) electrons. The Labute approximate surface area is 59.8 Å². The van der Waals surface area contributed by atoms with Crippen molar-refractivity contribution in [3.8, 4) is 0 Å². The first kappa shape index (κ1) is 7.47. The zero-order valence-corrected chi connectivity index (χ0v) is 5.92. The van der Waals surface area contributed by atoms with E-state index in [2.05, 4.69) is 4.99 Å². The van der Waals surface area contributed by atoms with Gasteiger partial charge in [-0.05, 0) is 18.4 Å². The van der Waals surface area contributed by atoms with Gasteiger partial charge in [-0.1, -0.05) is 11.4 Å². The van der Waals surface area contributed by atoms with E-state index >= 15 is 0 Å². The molecular formula is C6H13N2O2+. The zero-order valence-electron chi connectivity index (χ0n) is 5.92. The lowest BCUT2D eigenvalue weighted by Gasteiger charge is -2.12. The van der Waals surface area contributed by atoms with Crippen molar-refractivity contribution in [2.24, 2.45) is 0 Å². The molecule has 0 unspecified atom stereocenters. The van der Waals surface area contributed by atoms with E-state index in [1.54, 1.807) is 0 Å². The third-order valence-electron chi connectivity index (χ3n) is 1.99. The Hall–Kier alpha value is -0.640. The molecule has 0 bridgehead atoms. The molecule has 0 aliphatic heterocycles. The van der Waals surface area contributed by atoms with Crippen LogP contribution in [0.1, 0.15) is 32.1 Å². The van der Waals surface area contributed by atoms with Crippen molar-refractivity contribution in [1.29, 1.82) is 5.53 Å². The standard InChI is InChI=1S/C6H12N2O2/c7-8(10-9)6-4-2-1-3-5-6/h6-7H,1-5H2/p+1. The molecule has 1 aliphatic carbocycles. The maximum atomic E-state index is 8.13. The molecule has 4 nitrogen and oxygen atoms in total. The molecule has 0 amide bonds. The second-order valence-corrected chi connectivity index (χ2v) is 2.70. The summed E-state index contributed by atoms with van der Waals surface area (Å²) in [6, 6.07) is 0.0961. The minimum Gasteiger partial charge on any atom is -0.141 e. The average Bonchev–Trinajstić information content (AvgIpc) is 2.05. The van der Waals surface area contributed by atoms with Gasteiger partial charge in [-0.15, -0.1) is 5.26 Å². The molecule has 1 rings (SSSR count). The van der Waals surface area contributed by atoms with Crippen LogP contribution in [0.15, 0.2) is 0 Å². The number of hydroxylamine groups is 1. The minimum absolute atomic E-state index is 0.0961. The van der Waals surface area contributed by atoms with E-state index in [9.17, 15) is 0 Å². The molecule has 1 aliphatic rings. The van der Waals surface area contributed by atoms with Crippen LogP contribution in [0.3, 0.4) is 0 Å². The van der Waals surface area contributed by atoms with Crippen molar-refractivity contribution in [3.63, 3.8) is 0 Å². The Morgan fingerprint density at radius 1 is 1.30 bits per heavy atom. The highest BCUT2D eigenvalue weighted by molar-refractivity contribution is 4.61. The first-order valence-corrected chi connectivity index (χ1v) is 3.66. The van der Waals surface area contributed by atoms with Gasteiger partial charge in [0.25, 0.3) is 0 Å². The van der Waals surface area contributed by atoms with Crippen LogP contribution in [0.5, 0.6) is 0 Å². The molecule has 0 aromatic rings. The van der Waals surface area contributed by atoms with Crippen LogP contribution in [0, 0.1) is 5.53 Å². The van der Waals surface area contributed by atoms with Gasteiger partial charge in [0.2, 0.25) is 6.04 Å². The molecule has 0 heterocycles. The average molecular weight is 145 g/mol. The topological polar surface area (TPSA) is 56.3 Å². The summed E-state index contributed by atoms with van der Waals surface area (Å²) in [5.41, 5.74) is 7.08. The summed E-state index contributed by atoms with van der Waals surface area (Å²) >= 11 is 0. The van der Waals surface area contributed by atoms with Gasteiger partial charge in [-0.25, -0.2) is 0 Å². The van der Waals surface area contributed by atoms with E-state index in [-0.39, 0.29) is 6.04 Å². The number of nitrogens with zero attached hydrogens (tertiary/aromatic N) is 1. The third kappa shape index (κ3) is 1.67. The van der Waals surface area contributed by atoms with E-state index in [4.69, 9.17) is 10.8 Å². The van der Waals surface area contributed by atoms with Crippen LogP contribution >= 0.6 is 0 Å². The SMILES string of the molecule is N=[N+](OO)C1CCCCC1. The first-order valence-electron chi connectivity index (χ1n) is 3.66. The number of nitrogens with one attached hydrogen (secondary N) is 1. The predicted molar refractivity (Wildman–Crippen MR) is 33.6 cm³/mol. The summed E-state index contributed by atoms with van der Waals surface area (Å²) in [4.78, 5) is 4.58. The van der Waals surface area contributed by atoms with Crippen molar-refractivity contribution >= 4 is 0 Å². The van der Waals surface area contributed by atoms with Gasteiger partial charge in [0.15, 0.2) is 0 Å². The predicted octanol–water partition coefficient (Wildman–Crippen LogP) is 1.77. The number of hydrogen-bond donors (Lipinski definition) is 2. The summed E-state index contributed by atoms with van der Waals surface area (Å²) < 4.78 is 0. The fourth-order valence-corrected chi connectivity index (χ4v) is 1.38. The molecule has 4 heteroatoms. The van der Waals surface area contributed by atoms with Crippen molar-refractivity contribution in [3.05, 3.63) is 0 Å². The molecule has 0 spiro atoms. The maximum absolute atomic E-state index is 8.13. The van der Waals surface area contributed by atoms with E-state index < -0.39 is 0 Å². The molecule has 0 atom stereocenters. The number of hydrogen-bond acceptors (Lipinski definition) is 3. The molecule has 0 aromatic heterocycles. The Morgan fingerprint density at radius 3 is 2.40 bits per heavy atom. The van der Waals surface area contributed by atoms with Crippen LogP contribution in [-0.4, -0.2) is 16.2 Å². The fourth-order valence-electron chi connectivity index (χ4n) is 1.38. The van der Waals surface area contributed by atoms with E-state index in [0.29, 0.717) is 0 Å². The van der Waals surface area contributed by atoms with E-state index in [1.807, 2.05) is 0 Å². The van der Waals surface area contributed by atoms with Gasteiger partial charge in [-0.2, -0.15) is 0 Å². The molecule has 58 valence electrons. The van der Waals surface area contributed by atoms with Crippen LogP contribution in [0.25, 0.3) is 0 Å². The molecule has 0 aromatic carbocycles. The molecule has 10 heavy (non-hydrogen) atoms. The Bertz CT molecular complexity index is 121. The third-order valence-corrected chi connectivity index (χ3v) is 1.99. The quantitative estimate of drug-likeness (QED) is 0.269. The Kier molecular flexibility index (Phi) is 2.62. The molecular weight excluding hydrogens is 132 g/mol. The van der Waals surface area contributed by atoms with Crippen molar-refractivity contribution in [1.82, 2.24) is 0 Å². The Balaban J connectivity index is 2.31. The monoisotopic (exact) mass is 145 g/mol. The minimum atomic E-state index is 0.0961. The second kappa shape index (κ2) is 3.51. The zero-order chi connectivity index (χ0) is 7.40. The largest absolute Gasteiger partial charge is 0.235 e. The molecule has 1 fully saturated rings.